The van der Waals surface area contributed by atoms with Gasteiger partial charge in [0.05, 0.1) is 5.69 Å². The van der Waals surface area contributed by atoms with Gasteiger partial charge in [0.1, 0.15) is 6.61 Å². The highest BCUT2D eigenvalue weighted by molar-refractivity contribution is 6.67. The molecule has 0 aliphatic carbocycles. The van der Waals surface area contributed by atoms with Crippen molar-refractivity contribution < 1.29 is 19.1 Å². The van der Waals surface area contributed by atoms with Crippen molar-refractivity contribution in [3.8, 4) is 5.75 Å². The zero-order valence-electron chi connectivity index (χ0n) is 9.78. The van der Waals surface area contributed by atoms with Gasteiger partial charge in [-0.3, -0.25) is 4.79 Å². The monoisotopic (exact) mass is 325 g/mol. The van der Waals surface area contributed by atoms with E-state index in [0.717, 1.165) is 0 Å². The van der Waals surface area contributed by atoms with E-state index < -0.39 is 16.6 Å². The maximum Gasteiger partial charge on any atom is 0.514 e. The zero-order chi connectivity index (χ0) is 14.5. The topological polar surface area (TPSA) is 64.6 Å². The number of halogens is 3. The number of anilines is 1. The summed E-state index contributed by atoms with van der Waals surface area (Å²) in [6.45, 7) is 0.886. The molecule has 5 nitrogen and oxygen atoms in total. The smallest absolute Gasteiger partial charge is 0.429 e. The summed E-state index contributed by atoms with van der Waals surface area (Å²) in [6, 6.07) is 6.36. The first kappa shape index (κ1) is 15.9. The van der Waals surface area contributed by atoms with Crippen molar-refractivity contribution in [1.82, 2.24) is 0 Å². The molecule has 1 amide bonds. The first-order valence-electron chi connectivity index (χ1n) is 5.06. The summed E-state index contributed by atoms with van der Waals surface area (Å²) in [4.78, 5) is 22.3. The minimum absolute atomic E-state index is 0.131. The molecule has 1 aromatic carbocycles. The third-order valence-corrected chi connectivity index (χ3v) is 2.07. The highest BCUT2D eigenvalue weighted by atomic mass is 35.6. The Kier molecular flexibility index (Phi) is 5.72. The van der Waals surface area contributed by atoms with Gasteiger partial charge in [0.15, 0.2) is 5.75 Å². The van der Waals surface area contributed by atoms with E-state index in [4.69, 9.17) is 39.5 Å². The van der Waals surface area contributed by atoms with E-state index in [1.807, 2.05) is 0 Å². The number of carbonyl (C=O) groups is 2. The fourth-order valence-electron chi connectivity index (χ4n) is 1.11. The van der Waals surface area contributed by atoms with Crippen LogP contribution in [0.5, 0.6) is 5.75 Å². The van der Waals surface area contributed by atoms with Gasteiger partial charge in [-0.05, 0) is 12.1 Å². The molecule has 0 saturated carbocycles. The lowest BCUT2D eigenvalue weighted by atomic mass is 10.3. The SMILES string of the molecule is CC(=O)Nc1ccccc1OC(=O)OCC(Cl)(Cl)Cl. The summed E-state index contributed by atoms with van der Waals surface area (Å²) in [7, 11) is 0. The Morgan fingerprint density at radius 2 is 1.89 bits per heavy atom. The predicted molar refractivity (Wildman–Crippen MR) is 73.0 cm³/mol. The van der Waals surface area contributed by atoms with Gasteiger partial charge in [-0.15, -0.1) is 0 Å². The Morgan fingerprint density at radius 3 is 2.47 bits per heavy atom. The van der Waals surface area contributed by atoms with Gasteiger partial charge < -0.3 is 14.8 Å². The Hall–Kier alpha value is -1.17. The fourth-order valence-corrected chi connectivity index (χ4v) is 1.27. The molecule has 19 heavy (non-hydrogen) atoms. The van der Waals surface area contributed by atoms with Crippen LogP contribution in [0.4, 0.5) is 10.5 Å². The van der Waals surface area contributed by atoms with E-state index in [9.17, 15) is 9.59 Å². The van der Waals surface area contributed by atoms with Crippen LogP contribution in [-0.2, 0) is 9.53 Å². The van der Waals surface area contributed by atoms with Crippen molar-refractivity contribution in [3.63, 3.8) is 0 Å². The minimum atomic E-state index is -1.71. The highest BCUT2D eigenvalue weighted by Gasteiger charge is 2.23. The van der Waals surface area contributed by atoms with Gasteiger partial charge in [0, 0.05) is 6.92 Å². The minimum Gasteiger partial charge on any atom is -0.429 e. The second kappa shape index (κ2) is 6.84. The van der Waals surface area contributed by atoms with Crippen LogP contribution in [-0.4, -0.2) is 22.5 Å². The van der Waals surface area contributed by atoms with Gasteiger partial charge in [-0.25, -0.2) is 4.79 Å². The summed E-state index contributed by atoms with van der Waals surface area (Å²) in [5.74, 6) is -0.169. The van der Waals surface area contributed by atoms with Crippen molar-refractivity contribution in [1.29, 1.82) is 0 Å². The molecular formula is C11H10Cl3NO4. The number of hydrogen-bond donors (Lipinski definition) is 1. The van der Waals surface area contributed by atoms with Crippen molar-refractivity contribution in [2.24, 2.45) is 0 Å². The lowest BCUT2D eigenvalue weighted by Gasteiger charge is -2.13. The van der Waals surface area contributed by atoms with Crippen LogP contribution >= 0.6 is 34.8 Å². The molecule has 0 fully saturated rings. The van der Waals surface area contributed by atoms with E-state index in [-0.39, 0.29) is 11.7 Å². The number of amides is 1. The van der Waals surface area contributed by atoms with E-state index in [1.165, 1.54) is 13.0 Å². The van der Waals surface area contributed by atoms with Crippen LogP contribution in [0.1, 0.15) is 6.92 Å². The largest absolute Gasteiger partial charge is 0.514 e. The van der Waals surface area contributed by atoms with Crippen LogP contribution in [0.15, 0.2) is 24.3 Å². The van der Waals surface area contributed by atoms with Crippen LogP contribution < -0.4 is 10.1 Å². The van der Waals surface area contributed by atoms with E-state index in [1.54, 1.807) is 18.2 Å². The molecule has 8 heteroatoms. The number of para-hydroxylation sites is 2. The number of ether oxygens (including phenoxy) is 2. The molecule has 0 unspecified atom stereocenters. The second-order valence-corrected chi connectivity index (χ2v) is 5.95. The maximum atomic E-state index is 11.4. The molecule has 1 N–H and O–H groups in total. The normalized spacial score (nSPS) is 10.7. The Balaban J connectivity index is 2.66. The number of hydrogen-bond acceptors (Lipinski definition) is 4. The second-order valence-electron chi connectivity index (χ2n) is 3.43. The van der Waals surface area contributed by atoms with Crippen molar-refractivity contribution >= 4 is 52.6 Å². The summed E-state index contributed by atoms with van der Waals surface area (Å²) in [6.07, 6.45) is -1.04. The lowest BCUT2D eigenvalue weighted by Crippen LogP contribution is -2.20. The van der Waals surface area contributed by atoms with Crippen LogP contribution in [0, 0.1) is 0 Å². The molecule has 0 aliphatic heterocycles. The number of alkyl halides is 3. The summed E-state index contributed by atoms with van der Waals surface area (Å²) in [5, 5.41) is 2.50. The third kappa shape index (κ3) is 6.52. The molecule has 0 aromatic heterocycles. The zero-order valence-corrected chi connectivity index (χ0v) is 12.1. The molecule has 0 bridgehead atoms. The van der Waals surface area contributed by atoms with Gasteiger partial charge >= 0.3 is 6.16 Å². The lowest BCUT2D eigenvalue weighted by molar-refractivity contribution is -0.114. The van der Waals surface area contributed by atoms with Crippen LogP contribution in [0.3, 0.4) is 0 Å². The van der Waals surface area contributed by atoms with Crippen molar-refractivity contribution in [3.05, 3.63) is 24.3 Å². The predicted octanol–water partition coefficient (Wildman–Crippen LogP) is 3.53. The summed E-state index contributed by atoms with van der Waals surface area (Å²) < 4.78 is 7.78. The average Bonchev–Trinajstić information content (AvgIpc) is 2.27. The van der Waals surface area contributed by atoms with E-state index in [2.05, 4.69) is 10.1 Å². The van der Waals surface area contributed by atoms with E-state index in [0.29, 0.717) is 5.69 Å². The number of carbonyl (C=O) groups excluding carboxylic acids is 2. The molecule has 0 aliphatic rings. The molecule has 0 heterocycles. The fraction of sp³-hybridized carbons (Fsp3) is 0.273. The van der Waals surface area contributed by atoms with Crippen molar-refractivity contribution in [2.45, 2.75) is 10.7 Å². The standard InChI is InChI=1S/C11H10Cl3NO4/c1-7(16)15-8-4-2-3-5-9(8)19-10(17)18-6-11(12,13)14/h2-5H,6H2,1H3,(H,15,16). The molecule has 0 spiro atoms. The molecular weight excluding hydrogens is 316 g/mol. The Labute approximate surface area is 124 Å². The Bertz CT molecular complexity index is 473. The third-order valence-electron chi connectivity index (χ3n) is 1.74. The first-order chi connectivity index (χ1) is 8.78. The van der Waals surface area contributed by atoms with Gasteiger partial charge in [0.25, 0.3) is 0 Å². The quantitative estimate of drug-likeness (QED) is 0.524. The van der Waals surface area contributed by atoms with Crippen molar-refractivity contribution in [2.75, 3.05) is 11.9 Å². The van der Waals surface area contributed by atoms with E-state index >= 15 is 0 Å². The van der Waals surface area contributed by atoms with Crippen LogP contribution in [0.25, 0.3) is 0 Å². The van der Waals surface area contributed by atoms with Gasteiger partial charge in [0.2, 0.25) is 9.70 Å². The van der Waals surface area contributed by atoms with Gasteiger partial charge in [-0.1, -0.05) is 46.9 Å². The molecule has 1 rings (SSSR count). The molecule has 0 atom stereocenters. The number of benzene rings is 1. The average molecular weight is 327 g/mol. The maximum absolute atomic E-state index is 11.4. The summed E-state index contributed by atoms with van der Waals surface area (Å²) in [5.41, 5.74) is 0.334. The molecule has 104 valence electrons. The Morgan fingerprint density at radius 1 is 1.26 bits per heavy atom. The summed E-state index contributed by atoms with van der Waals surface area (Å²) >= 11 is 16.3. The highest BCUT2D eigenvalue weighted by Crippen LogP contribution is 2.27. The van der Waals surface area contributed by atoms with Gasteiger partial charge in [-0.2, -0.15) is 0 Å². The van der Waals surface area contributed by atoms with Crippen LogP contribution in [0.2, 0.25) is 0 Å². The number of nitrogens with one attached hydrogen (secondary N) is 1. The first-order valence-corrected chi connectivity index (χ1v) is 6.19. The molecule has 0 radical (unpaired) electrons. The molecule has 1 aromatic rings. The number of rotatable bonds is 3. The molecule has 0 saturated heterocycles.